The van der Waals surface area contributed by atoms with Crippen molar-refractivity contribution in [2.45, 2.75) is 13.0 Å². The maximum atomic E-state index is 5.28. The van der Waals surface area contributed by atoms with Gasteiger partial charge in [0.2, 0.25) is 0 Å². The summed E-state index contributed by atoms with van der Waals surface area (Å²) in [6, 6.07) is 0.667. The van der Waals surface area contributed by atoms with Crippen LogP contribution in [0.4, 0.5) is 0 Å². The van der Waals surface area contributed by atoms with E-state index in [1.807, 2.05) is 0 Å². The van der Waals surface area contributed by atoms with Gasteiger partial charge in [-0.2, -0.15) is 0 Å². The first-order valence-electron chi connectivity index (χ1n) is 4.71. The second-order valence-electron chi connectivity index (χ2n) is 4.35. The highest BCUT2D eigenvalue weighted by Crippen LogP contribution is 2.33. The van der Waals surface area contributed by atoms with E-state index in [4.69, 9.17) is 4.74 Å². The highest BCUT2D eigenvalue weighted by Gasteiger charge is 2.43. The van der Waals surface area contributed by atoms with Crippen molar-refractivity contribution in [3.63, 3.8) is 0 Å². The Kier molecular flexibility index (Phi) is 2.10. The monoisotopic (exact) mass is 170 g/mol. The lowest BCUT2D eigenvalue weighted by Gasteiger charge is -2.50. The summed E-state index contributed by atoms with van der Waals surface area (Å²) < 4.78 is 5.28. The van der Waals surface area contributed by atoms with E-state index in [1.54, 1.807) is 0 Å². The van der Waals surface area contributed by atoms with Gasteiger partial charge in [0.05, 0.1) is 13.2 Å². The third-order valence-electron chi connectivity index (χ3n) is 3.18. The fourth-order valence-corrected chi connectivity index (χ4v) is 2.20. The summed E-state index contributed by atoms with van der Waals surface area (Å²) in [6.07, 6.45) is 0. The molecule has 0 amide bonds. The third-order valence-corrected chi connectivity index (χ3v) is 3.18. The summed E-state index contributed by atoms with van der Waals surface area (Å²) in [5.74, 6) is 0. The molecule has 70 valence electrons. The first kappa shape index (κ1) is 8.48. The van der Waals surface area contributed by atoms with Crippen LogP contribution in [0.25, 0.3) is 0 Å². The van der Waals surface area contributed by atoms with E-state index in [1.165, 1.54) is 6.54 Å². The smallest absolute Gasteiger partial charge is 0.0557 e. The molecule has 0 aromatic carbocycles. The largest absolute Gasteiger partial charge is 0.380 e. The number of ether oxygens (including phenoxy) is 1. The standard InChI is InChI=1S/C9H18N2O/c1-9(6-12-7-9)8-5-10-3-4-11(8)2/h8,10H,3-7H2,1-2H3. The van der Waals surface area contributed by atoms with Crippen LogP contribution >= 0.6 is 0 Å². The SMILES string of the molecule is CN1CCNCC1C1(C)COC1. The Balaban J connectivity index is 2.00. The Labute approximate surface area is 74.1 Å². The Morgan fingerprint density at radius 2 is 2.25 bits per heavy atom. The zero-order chi connectivity index (χ0) is 8.60. The van der Waals surface area contributed by atoms with E-state index in [0.29, 0.717) is 11.5 Å². The lowest BCUT2D eigenvalue weighted by molar-refractivity contribution is -0.143. The molecule has 1 atom stereocenters. The molecule has 0 aromatic rings. The Hall–Kier alpha value is -0.120. The summed E-state index contributed by atoms with van der Waals surface area (Å²) in [5, 5.41) is 3.44. The minimum Gasteiger partial charge on any atom is -0.380 e. The first-order valence-corrected chi connectivity index (χ1v) is 4.71. The van der Waals surface area contributed by atoms with Crippen LogP contribution in [-0.2, 0) is 4.74 Å². The number of nitrogens with zero attached hydrogens (tertiary/aromatic N) is 1. The van der Waals surface area contributed by atoms with E-state index in [2.05, 4.69) is 24.2 Å². The predicted octanol–water partition coefficient (Wildman–Crippen LogP) is -0.0735. The average Bonchev–Trinajstić information content (AvgIpc) is 2.01. The summed E-state index contributed by atoms with van der Waals surface area (Å²) in [6.45, 7) is 7.61. The van der Waals surface area contributed by atoms with Crippen LogP contribution in [0.1, 0.15) is 6.92 Å². The van der Waals surface area contributed by atoms with Gasteiger partial charge in [-0.25, -0.2) is 0 Å². The topological polar surface area (TPSA) is 24.5 Å². The van der Waals surface area contributed by atoms with Gasteiger partial charge in [0.1, 0.15) is 0 Å². The van der Waals surface area contributed by atoms with E-state index < -0.39 is 0 Å². The Morgan fingerprint density at radius 1 is 1.50 bits per heavy atom. The normalized spacial score (nSPS) is 36.0. The van der Waals surface area contributed by atoms with Crippen LogP contribution < -0.4 is 5.32 Å². The minimum atomic E-state index is 0.405. The van der Waals surface area contributed by atoms with Crippen molar-refractivity contribution < 1.29 is 4.74 Å². The van der Waals surface area contributed by atoms with E-state index in [9.17, 15) is 0 Å². The van der Waals surface area contributed by atoms with Gasteiger partial charge in [-0.1, -0.05) is 6.92 Å². The molecule has 3 heteroatoms. The molecular weight excluding hydrogens is 152 g/mol. The molecule has 0 aliphatic carbocycles. The molecule has 2 heterocycles. The van der Waals surface area contributed by atoms with Gasteiger partial charge in [0, 0.05) is 31.1 Å². The lowest BCUT2D eigenvalue weighted by Crippen LogP contribution is -2.62. The fourth-order valence-electron chi connectivity index (χ4n) is 2.20. The molecule has 1 unspecified atom stereocenters. The van der Waals surface area contributed by atoms with Crippen LogP contribution in [-0.4, -0.2) is 50.8 Å². The molecule has 0 spiro atoms. The maximum absolute atomic E-state index is 5.28. The first-order chi connectivity index (χ1) is 5.72. The summed E-state index contributed by atoms with van der Waals surface area (Å²) in [4.78, 5) is 2.46. The minimum absolute atomic E-state index is 0.405. The average molecular weight is 170 g/mol. The zero-order valence-corrected chi connectivity index (χ0v) is 7.97. The van der Waals surface area contributed by atoms with Gasteiger partial charge < -0.3 is 15.0 Å². The molecule has 2 fully saturated rings. The van der Waals surface area contributed by atoms with Crippen LogP contribution in [0.3, 0.4) is 0 Å². The van der Waals surface area contributed by atoms with Crippen molar-refractivity contribution >= 4 is 0 Å². The molecule has 0 radical (unpaired) electrons. The number of rotatable bonds is 1. The van der Waals surface area contributed by atoms with E-state index >= 15 is 0 Å². The quantitative estimate of drug-likeness (QED) is 0.596. The molecule has 0 bridgehead atoms. The molecule has 2 rings (SSSR count). The van der Waals surface area contributed by atoms with Crippen LogP contribution in [0.5, 0.6) is 0 Å². The second kappa shape index (κ2) is 2.98. The molecular formula is C9H18N2O. The molecule has 2 aliphatic heterocycles. The highest BCUT2D eigenvalue weighted by atomic mass is 16.5. The summed E-state index contributed by atoms with van der Waals surface area (Å²) in [7, 11) is 2.22. The van der Waals surface area contributed by atoms with Crippen LogP contribution in [0.15, 0.2) is 0 Å². The molecule has 0 saturated carbocycles. The molecule has 1 N–H and O–H groups in total. The van der Waals surface area contributed by atoms with Gasteiger partial charge in [-0.3, -0.25) is 0 Å². The van der Waals surface area contributed by atoms with Crippen molar-refractivity contribution in [3.8, 4) is 0 Å². The number of piperazine rings is 1. The maximum Gasteiger partial charge on any atom is 0.0557 e. The van der Waals surface area contributed by atoms with Gasteiger partial charge in [0.25, 0.3) is 0 Å². The number of hydrogen-bond acceptors (Lipinski definition) is 3. The fraction of sp³-hybridized carbons (Fsp3) is 1.00. The van der Waals surface area contributed by atoms with Crippen LogP contribution in [0, 0.1) is 5.41 Å². The molecule has 12 heavy (non-hydrogen) atoms. The summed E-state index contributed by atoms with van der Waals surface area (Å²) in [5.41, 5.74) is 0.405. The molecule has 3 nitrogen and oxygen atoms in total. The third kappa shape index (κ3) is 1.26. The van der Waals surface area contributed by atoms with Gasteiger partial charge in [-0.05, 0) is 7.05 Å². The lowest BCUT2D eigenvalue weighted by atomic mass is 9.79. The second-order valence-corrected chi connectivity index (χ2v) is 4.35. The van der Waals surface area contributed by atoms with Gasteiger partial charge in [-0.15, -0.1) is 0 Å². The predicted molar refractivity (Wildman–Crippen MR) is 48.2 cm³/mol. The molecule has 2 aliphatic rings. The molecule has 2 saturated heterocycles. The molecule has 0 aromatic heterocycles. The summed E-state index contributed by atoms with van der Waals surface area (Å²) >= 11 is 0. The van der Waals surface area contributed by atoms with Gasteiger partial charge >= 0.3 is 0 Å². The van der Waals surface area contributed by atoms with Crippen molar-refractivity contribution in [3.05, 3.63) is 0 Å². The van der Waals surface area contributed by atoms with Crippen molar-refractivity contribution in [2.75, 3.05) is 39.9 Å². The number of hydrogen-bond donors (Lipinski definition) is 1. The Morgan fingerprint density at radius 3 is 2.75 bits per heavy atom. The van der Waals surface area contributed by atoms with E-state index in [0.717, 1.165) is 26.3 Å². The van der Waals surface area contributed by atoms with E-state index in [-0.39, 0.29) is 0 Å². The van der Waals surface area contributed by atoms with Crippen molar-refractivity contribution in [2.24, 2.45) is 5.41 Å². The van der Waals surface area contributed by atoms with Crippen LogP contribution in [0.2, 0.25) is 0 Å². The highest BCUT2D eigenvalue weighted by molar-refractivity contribution is 4.96. The number of nitrogens with one attached hydrogen (secondary N) is 1. The van der Waals surface area contributed by atoms with Crippen molar-refractivity contribution in [1.29, 1.82) is 0 Å². The Bertz CT molecular complexity index is 168. The zero-order valence-electron chi connectivity index (χ0n) is 7.97. The number of likely N-dealkylation sites (N-methyl/N-ethyl adjacent to an activating group) is 1. The van der Waals surface area contributed by atoms with Crippen molar-refractivity contribution in [1.82, 2.24) is 10.2 Å². The van der Waals surface area contributed by atoms with Gasteiger partial charge in [0.15, 0.2) is 0 Å².